The molecule has 0 heterocycles. The number of rotatable bonds is 7. The van der Waals surface area contributed by atoms with Crippen LogP contribution in [0.2, 0.25) is 0 Å². The maximum atomic E-state index is 12.9. The van der Waals surface area contributed by atoms with E-state index in [2.05, 4.69) is 10.6 Å². The number of hydrogen-bond acceptors (Lipinski definition) is 3. The zero-order chi connectivity index (χ0) is 20.6. The van der Waals surface area contributed by atoms with Crippen LogP contribution >= 0.6 is 0 Å². The molecule has 6 heteroatoms. The van der Waals surface area contributed by atoms with Crippen molar-refractivity contribution in [3.8, 4) is 5.75 Å². The number of hydrogen-bond donors (Lipinski definition) is 2. The molecule has 1 saturated carbocycles. The molecule has 1 aliphatic rings. The third kappa shape index (κ3) is 6.04. The summed E-state index contributed by atoms with van der Waals surface area (Å²) in [5.41, 5.74) is 1.89. The number of halogens is 1. The van der Waals surface area contributed by atoms with E-state index in [-0.39, 0.29) is 29.5 Å². The topological polar surface area (TPSA) is 67.4 Å². The first kappa shape index (κ1) is 20.8. The lowest BCUT2D eigenvalue weighted by atomic mass is 9.81. The van der Waals surface area contributed by atoms with E-state index in [0.717, 1.165) is 16.9 Å². The van der Waals surface area contributed by atoms with Crippen LogP contribution in [0.15, 0.2) is 48.5 Å². The van der Waals surface area contributed by atoms with Gasteiger partial charge in [0, 0.05) is 24.9 Å². The van der Waals surface area contributed by atoms with Gasteiger partial charge < -0.3 is 15.4 Å². The fourth-order valence-corrected chi connectivity index (χ4v) is 3.63. The quantitative estimate of drug-likeness (QED) is 0.749. The lowest BCUT2D eigenvalue weighted by Gasteiger charge is -2.27. The largest absolute Gasteiger partial charge is 0.497 e. The Balaban J connectivity index is 1.38. The molecule has 1 fully saturated rings. The minimum atomic E-state index is -0.288. The van der Waals surface area contributed by atoms with Crippen molar-refractivity contribution >= 4 is 11.8 Å². The SMILES string of the molecule is COc1ccc(CNC(=O)C2CCC(C(=O)NCc3ccc(F)cc3)CC2)cc1. The maximum Gasteiger partial charge on any atom is 0.223 e. The normalized spacial score (nSPS) is 18.7. The summed E-state index contributed by atoms with van der Waals surface area (Å²) >= 11 is 0. The molecule has 3 rings (SSSR count). The summed E-state index contributed by atoms with van der Waals surface area (Å²) in [4.78, 5) is 24.8. The summed E-state index contributed by atoms with van der Waals surface area (Å²) in [7, 11) is 1.62. The van der Waals surface area contributed by atoms with Crippen LogP contribution in [0, 0.1) is 17.7 Å². The number of carbonyl (C=O) groups excluding carboxylic acids is 2. The number of amides is 2. The second-order valence-electron chi connectivity index (χ2n) is 7.46. The van der Waals surface area contributed by atoms with Crippen LogP contribution in [0.25, 0.3) is 0 Å². The van der Waals surface area contributed by atoms with Crippen LogP contribution in [0.4, 0.5) is 4.39 Å². The predicted octanol–water partition coefficient (Wildman–Crippen LogP) is 3.57. The van der Waals surface area contributed by atoms with E-state index < -0.39 is 0 Å². The highest BCUT2D eigenvalue weighted by atomic mass is 19.1. The van der Waals surface area contributed by atoms with Gasteiger partial charge in [-0.25, -0.2) is 4.39 Å². The molecule has 0 spiro atoms. The van der Waals surface area contributed by atoms with Crippen molar-refractivity contribution in [3.63, 3.8) is 0 Å². The van der Waals surface area contributed by atoms with Crippen LogP contribution < -0.4 is 15.4 Å². The monoisotopic (exact) mass is 398 g/mol. The number of carbonyl (C=O) groups is 2. The third-order valence-corrected chi connectivity index (χ3v) is 5.47. The van der Waals surface area contributed by atoms with E-state index in [0.29, 0.717) is 38.8 Å². The molecule has 0 aromatic heterocycles. The molecule has 0 bridgehead atoms. The minimum absolute atomic E-state index is 0.00594. The second kappa shape index (κ2) is 10.0. The summed E-state index contributed by atoms with van der Waals surface area (Å²) in [6.45, 7) is 0.877. The molecule has 0 radical (unpaired) electrons. The summed E-state index contributed by atoms with van der Waals surface area (Å²) in [6.07, 6.45) is 2.83. The molecular formula is C23H27FN2O3. The molecule has 5 nitrogen and oxygen atoms in total. The third-order valence-electron chi connectivity index (χ3n) is 5.47. The molecule has 154 valence electrons. The van der Waals surface area contributed by atoms with Gasteiger partial charge in [-0.3, -0.25) is 9.59 Å². The highest BCUT2D eigenvalue weighted by molar-refractivity contribution is 5.81. The van der Waals surface area contributed by atoms with Gasteiger partial charge in [0.05, 0.1) is 7.11 Å². The first-order chi connectivity index (χ1) is 14.0. The Morgan fingerprint density at radius 1 is 0.828 bits per heavy atom. The van der Waals surface area contributed by atoms with Gasteiger partial charge in [-0.1, -0.05) is 24.3 Å². The van der Waals surface area contributed by atoms with Crippen LogP contribution in [0.3, 0.4) is 0 Å². The van der Waals surface area contributed by atoms with Crippen molar-refractivity contribution in [2.75, 3.05) is 7.11 Å². The van der Waals surface area contributed by atoms with Crippen molar-refractivity contribution < 1.29 is 18.7 Å². The van der Waals surface area contributed by atoms with Crippen molar-refractivity contribution in [1.29, 1.82) is 0 Å². The Labute approximate surface area is 170 Å². The van der Waals surface area contributed by atoms with Gasteiger partial charge in [0.1, 0.15) is 11.6 Å². The smallest absolute Gasteiger partial charge is 0.223 e. The predicted molar refractivity (Wildman–Crippen MR) is 109 cm³/mol. The first-order valence-corrected chi connectivity index (χ1v) is 9.98. The minimum Gasteiger partial charge on any atom is -0.497 e. The van der Waals surface area contributed by atoms with Crippen molar-refractivity contribution in [2.45, 2.75) is 38.8 Å². The van der Waals surface area contributed by atoms with E-state index in [1.807, 2.05) is 24.3 Å². The van der Waals surface area contributed by atoms with Gasteiger partial charge in [-0.15, -0.1) is 0 Å². The molecule has 0 saturated heterocycles. The Hall–Kier alpha value is -2.89. The number of methoxy groups -OCH3 is 1. The molecule has 0 aliphatic heterocycles. The number of ether oxygens (including phenoxy) is 1. The van der Waals surface area contributed by atoms with Crippen molar-refractivity contribution in [2.24, 2.45) is 11.8 Å². The molecule has 29 heavy (non-hydrogen) atoms. The molecular weight excluding hydrogens is 371 g/mol. The maximum absolute atomic E-state index is 12.9. The molecule has 0 unspecified atom stereocenters. The van der Waals surface area contributed by atoms with Crippen molar-refractivity contribution in [1.82, 2.24) is 10.6 Å². The summed E-state index contributed by atoms with van der Waals surface area (Å²) < 4.78 is 18.1. The fraction of sp³-hybridized carbons (Fsp3) is 0.391. The molecule has 2 aromatic carbocycles. The Bertz CT molecular complexity index is 813. The van der Waals surface area contributed by atoms with E-state index >= 15 is 0 Å². The van der Waals surface area contributed by atoms with E-state index in [1.165, 1.54) is 12.1 Å². The Morgan fingerprint density at radius 2 is 1.24 bits per heavy atom. The average Bonchev–Trinajstić information content (AvgIpc) is 2.77. The zero-order valence-corrected chi connectivity index (χ0v) is 16.6. The average molecular weight is 398 g/mol. The van der Waals surface area contributed by atoms with Crippen LogP contribution in [-0.2, 0) is 22.7 Å². The van der Waals surface area contributed by atoms with Crippen LogP contribution in [0.1, 0.15) is 36.8 Å². The van der Waals surface area contributed by atoms with Crippen LogP contribution in [0.5, 0.6) is 5.75 Å². The van der Waals surface area contributed by atoms with Gasteiger partial charge in [0.2, 0.25) is 11.8 Å². The van der Waals surface area contributed by atoms with Gasteiger partial charge in [-0.2, -0.15) is 0 Å². The standard InChI is InChI=1S/C23H27FN2O3/c1-29-21-12-4-17(5-13-21)15-26-23(28)19-8-6-18(7-9-19)22(27)25-14-16-2-10-20(24)11-3-16/h2-5,10-13,18-19H,6-9,14-15H2,1H3,(H,25,27)(H,26,28). The number of nitrogens with one attached hydrogen (secondary N) is 2. The van der Waals surface area contributed by atoms with Gasteiger partial charge in [0.15, 0.2) is 0 Å². The molecule has 2 N–H and O–H groups in total. The van der Waals surface area contributed by atoms with Gasteiger partial charge in [-0.05, 0) is 61.1 Å². The summed E-state index contributed by atoms with van der Waals surface area (Å²) in [6, 6.07) is 13.7. The Morgan fingerprint density at radius 3 is 1.66 bits per heavy atom. The van der Waals surface area contributed by atoms with Crippen molar-refractivity contribution in [3.05, 3.63) is 65.5 Å². The fourth-order valence-electron chi connectivity index (χ4n) is 3.63. The lowest BCUT2D eigenvalue weighted by Crippen LogP contribution is -2.37. The Kier molecular flexibility index (Phi) is 7.22. The van der Waals surface area contributed by atoms with E-state index in [4.69, 9.17) is 4.74 Å². The molecule has 0 atom stereocenters. The molecule has 1 aliphatic carbocycles. The number of benzene rings is 2. The molecule has 2 aromatic rings. The van der Waals surface area contributed by atoms with Gasteiger partial charge >= 0.3 is 0 Å². The highest BCUT2D eigenvalue weighted by Gasteiger charge is 2.29. The highest BCUT2D eigenvalue weighted by Crippen LogP contribution is 2.29. The summed E-state index contributed by atoms with van der Waals surface area (Å²) in [5.74, 6) is 0.438. The van der Waals surface area contributed by atoms with Gasteiger partial charge in [0.25, 0.3) is 0 Å². The lowest BCUT2D eigenvalue weighted by molar-refractivity contribution is -0.130. The summed E-state index contributed by atoms with van der Waals surface area (Å²) in [5, 5.41) is 5.91. The van der Waals surface area contributed by atoms with E-state index in [9.17, 15) is 14.0 Å². The second-order valence-corrected chi connectivity index (χ2v) is 7.46. The molecule has 2 amide bonds. The first-order valence-electron chi connectivity index (χ1n) is 9.98. The van der Waals surface area contributed by atoms with Crippen LogP contribution in [-0.4, -0.2) is 18.9 Å². The zero-order valence-electron chi connectivity index (χ0n) is 16.6. The van der Waals surface area contributed by atoms with E-state index in [1.54, 1.807) is 19.2 Å².